The number of esters is 1. The highest BCUT2D eigenvalue weighted by molar-refractivity contribution is 7.52. The summed E-state index contributed by atoms with van der Waals surface area (Å²) in [6.07, 6.45) is -6.30. The summed E-state index contributed by atoms with van der Waals surface area (Å²) in [6.45, 7) is 3.66. The Hall–Kier alpha value is -5.48. The minimum Gasteiger partial charge on any atom is -0.458 e. The van der Waals surface area contributed by atoms with Crippen molar-refractivity contribution >= 4 is 37.7 Å². The Morgan fingerprint density at radius 3 is 2.15 bits per heavy atom. The lowest BCUT2D eigenvalue weighted by molar-refractivity contribution is -0.147. The molecule has 2 N–H and O–H groups in total. The molecule has 15 nitrogen and oxygen atoms in total. The monoisotopic (exact) mass is 839 g/mol. The molecule has 7 unspecified atom stereocenters. The summed E-state index contributed by atoms with van der Waals surface area (Å²) < 4.78 is 85.5. The third kappa shape index (κ3) is 11.6. The first-order valence-electron chi connectivity index (χ1n) is 18.8. The Labute approximate surface area is 339 Å². The zero-order valence-corrected chi connectivity index (χ0v) is 33.3. The zero-order chi connectivity index (χ0) is 42.2. The molecule has 59 heavy (non-hydrogen) atoms. The van der Waals surface area contributed by atoms with Crippen LogP contribution in [0.5, 0.6) is 5.75 Å². The van der Waals surface area contributed by atoms with Gasteiger partial charge in [-0.15, -0.1) is 0 Å². The van der Waals surface area contributed by atoms with Gasteiger partial charge in [0.1, 0.15) is 48.6 Å². The molecule has 6 rings (SSSR count). The summed E-state index contributed by atoms with van der Waals surface area (Å²) in [4.78, 5) is 55.4. The average molecular weight is 840 g/mol. The summed E-state index contributed by atoms with van der Waals surface area (Å²) >= 11 is 0. The van der Waals surface area contributed by atoms with Crippen LogP contribution in [-0.4, -0.2) is 72.4 Å². The maximum atomic E-state index is 16.5. The van der Waals surface area contributed by atoms with E-state index in [-0.39, 0.29) is 31.2 Å². The van der Waals surface area contributed by atoms with Gasteiger partial charge in [-0.1, -0.05) is 91.9 Å². The maximum Gasteiger partial charge on any atom is 0.509 e. The summed E-state index contributed by atoms with van der Waals surface area (Å²) in [5, 5.41) is 5.05. The highest BCUT2D eigenvalue weighted by Gasteiger charge is 2.62. The van der Waals surface area contributed by atoms with Crippen LogP contribution in [0.1, 0.15) is 44.7 Å². The van der Waals surface area contributed by atoms with Crippen LogP contribution in [0.2, 0.25) is 0 Å². The predicted molar refractivity (Wildman–Crippen MR) is 206 cm³/mol. The second-order valence-corrected chi connectivity index (χ2v) is 16.4. The van der Waals surface area contributed by atoms with Gasteiger partial charge in [0.15, 0.2) is 6.10 Å². The molecule has 7 atom stereocenters. The number of halogens is 2. The van der Waals surface area contributed by atoms with Gasteiger partial charge >= 0.3 is 31.9 Å². The third-order valence-corrected chi connectivity index (χ3v) is 11.2. The number of aliphatic imine (C=N–C) groups is 1. The van der Waals surface area contributed by atoms with Crippen molar-refractivity contribution in [2.45, 2.75) is 82.7 Å². The number of allylic oxidation sites excluding steroid dienone is 1. The van der Waals surface area contributed by atoms with Crippen LogP contribution >= 0.6 is 7.75 Å². The molecule has 3 aromatic rings. The van der Waals surface area contributed by atoms with Crippen LogP contribution < -0.4 is 14.9 Å². The quantitative estimate of drug-likeness (QED) is 0.0956. The first-order valence-corrected chi connectivity index (χ1v) is 20.3. The van der Waals surface area contributed by atoms with Crippen molar-refractivity contribution in [1.29, 1.82) is 0 Å². The van der Waals surface area contributed by atoms with Crippen LogP contribution in [0, 0.1) is 11.8 Å². The first-order chi connectivity index (χ1) is 28.1. The molecular formula is C41H44F2N3O12P. The van der Waals surface area contributed by atoms with Gasteiger partial charge in [0, 0.05) is 12.3 Å². The largest absolute Gasteiger partial charge is 0.509 e. The number of amidine groups is 1. The maximum absolute atomic E-state index is 16.5. The van der Waals surface area contributed by atoms with E-state index in [0.29, 0.717) is 11.1 Å². The fourth-order valence-electron chi connectivity index (χ4n) is 6.63. The summed E-state index contributed by atoms with van der Waals surface area (Å²) in [7, 11) is -4.59. The van der Waals surface area contributed by atoms with Gasteiger partial charge in [-0.3, -0.25) is 14.1 Å². The topological polar surface area (TPSA) is 186 Å². The standard InChI is InChI=1S/C41H44F2N3O12P/c1-26-19-20-34(45-38(49)52-23-27-13-7-4-8-14-27)44-36(47)30(26)21-33-41(42,43)35(56-39(50)53-24-28-15-9-5-10-16-28)32(55-33)25-54-59(51,58-29-17-11-6-12-18-29)46-31-22-40(2,3)57-37(31)48/h4-20,26,30-33,35H,21-25H2,1-3H3,(H,46,51)(H,44,45,47,49). The van der Waals surface area contributed by atoms with E-state index in [1.807, 2.05) is 0 Å². The lowest BCUT2D eigenvalue weighted by Gasteiger charge is -2.26. The van der Waals surface area contributed by atoms with E-state index < -0.39 is 92.6 Å². The molecule has 18 heteroatoms. The number of nitrogens with zero attached hydrogens (tertiary/aromatic N) is 1. The molecule has 2 saturated heterocycles. The van der Waals surface area contributed by atoms with Crippen molar-refractivity contribution in [3.63, 3.8) is 0 Å². The van der Waals surface area contributed by atoms with Gasteiger partial charge < -0.3 is 33.5 Å². The van der Waals surface area contributed by atoms with Gasteiger partial charge in [-0.25, -0.2) is 14.2 Å². The molecule has 0 spiro atoms. The number of ether oxygens (including phenoxy) is 5. The van der Waals surface area contributed by atoms with Gasteiger partial charge in [-0.2, -0.15) is 18.9 Å². The smallest absolute Gasteiger partial charge is 0.458 e. The van der Waals surface area contributed by atoms with Crippen molar-refractivity contribution in [1.82, 2.24) is 10.4 Å². The van der Waals surface area contributed by atoms with Crippen LogP contribution in [0.4, 0.5) is 18.4 Å². The molecule has 0 aromatic heterocycles. The molecule has 0 aliphatic carbocycles. The van der Waals surface area contributed by atoms with Crippen molar-refractivity contribution < 1.29 is 65.3 Å². The number of alkyl halides is 2. The molecule has 0 radical (unpaired) electrons. The zero-order valence-electron chi connectivity index (χ0n) is 32.4. The number of hydrogen-bond acceptors (Lipinski definition) is 12. The van der Waals surface area contributed by atoms with E-state index in [1.54, 1.807) is 99.6 Å². The lowest BCUT2D eigenvalue weighted by Crippen LogP contribution is -2.46. The minimum atomic E-state index is -4.59. The molecule has 3 aromatic carbocycles. The molecule has 0 bridgehead atoms. The average Bonchev–Trinajstić information content (AvgIpc) is 3.54. The van der Waals surface area contributed by atoms with Crippen LogP contribution in [0.25, 0.3) is 0 Å². The SMILES string of the molecule is CC1C=CC(=NC(=O)OCc2ccccc2)NC(=O)C1CC1OC(COP(=O)(NC2CC(C)(C)OC2=O)Oc2ccccc2)C(OC(=O)OCc2ccccc2)C1(F)F. The molecular weight excluding hydrogens is 795 g/mol. The number of carbonyl (C=O) groups is 4. The fourth-order valence-corrected chi connectivity index (χ4v) is 8.13. The molecule has 2 fully saturated rings. The number of rotatable bonds is 14. The fraction of sp³-hybridized carbons (Fsp3) is 0.390. The van der Waals surface area contributed by atoms with Crippen LogP contribution in [-0.2, 0) is 55.6 Å². The number of hydrogen-bond donors (Lipinski definition) is 2. The van der Waals surface area contributed by atoms with Crippen molar-refractivity contribution in [3.05, 3.63) is 114 Å². The normalized spacial score (nSPS) is 26.2. The van der Waals surface area contributed by atoms with Gasteiger partial charge in [-0.05, 0) is 55.5 Å². The van der Waals surface area contributed by atoms with Crippen LogP contribution in [0.3, 0.4) is 0 Å². The van der Waals surface area contributed by atoms with Gasteiger partial charge in [0.25, 0.3) is 0 Å². The molecule has 3 aliphatic rings. The molecule has 0 saturated carbocycles. The molecule has 314 valence electrons. The van der Waals surface area contributed by atoms with Crippen molar-refractivity contribution in [2.24, 2.45) is 16.8 Å². The highest BCUT2D eigenvalue weighted by Crippen LogP contribution is 2.49. The lowest BCUT2D eigenvalue weighted by atomic mass is 9.86. The highest BCUT2D eigenvalue weighted by atomic mass is 31.2. The number of nitrogens with one attached hydrogen (secondary N) is 2. The Morgan fingerprint density at radius 1 is 0.932 bits per heavy atom. The number of para-hydroxylation sites is 1. The Bertz CT molecular complexity index is 2070. The number of benzene rings is 3. The summed E-state index contributed by atoms with van der Waals surface area (Å²) in [5.74, 6) is -7.37. The Morgan fingerprint density at radius 2 is 1.54 bits per heavy atom. The van der Waals surface area contributed by atoms with Gasteiger partial charge in [0.05, 0.1) is 6.61 Å². The van der Waals surface area contributed by atoms with E-state index in [9.17, 15) is 23.7 Å². The molecule has 3 aliphatic heterocycles. The van der Waals surface area contributed by atoms with E-state index in [2.05, 4.69) is 15.4 Å². The Kier molecular flexibility index (Phi) is 13.6. The van der Waals surface area contributed by atoms with Crippen LogP contribution in [0.15, 0.2) is 108 Å². The first kappa shape index (κ1) is 43.1. The second-order valence-electron chi connectivity index (χ2n) is 14.8. The van der Waals surface area contributed by atoms with Crippen molar-refractivity contribution in [3.8, 4) is 5.75 Å². The minimum absolute atomic E-state index is 0.0651. The third-order valence-electron chi connectivity index (χ3n) is 9.62. The van der Waals surface area contributed by atoms with E-state index in [4.69, 9.17) is 32.7 Å². The molecule has 2 amide bonds. The van der Waals surface area contributed by atoms with E-state index in [0.717, 1.165) is 0 Å². The summed E-state index contributed by atoms with van der Waals surface area (Å²) in [5.41, 5.74) is 0.363. The van der Waals surface area contributed by atoms with Gasteiger partial charge in [0.2, 0.25) is 5.91 Å². The number of cyclic esters (lactones) is 1. The van der Waals surface area contributed by atoms with E-state index in [1.165, 1.54) is 24.3 Å². The number of amides is 2. The van der Waals surface area contributed by atoms with Crippen molar-refractivity contribution in [2.75, 3.05) is 6.61 Å². The Balaban J connectivity index is 1.19. The predicted octanol–water partition coefficient (Wildman–Crippen LogP) is 7.06. The number of carbonyl (C=O) groups excluding carboxylic acids is 4. The van der Waals surface area contributed by atoms with E-state index >= 15 is 8.78 Å². The molecule has 3 heterocycles. The summed E-state index contributed by atoms with van der Waals surface area (Å²) in [6, 6.07) is 24.0. The second kappa shape index (κ2) is 18.6.